The summed E-state index contributed by atoms with van der Waals surface area (Å²) in [5.74, 6) is 2.83. The molecule has 0 atom stereocenters. The Morgan fingerprint density at radius 3 is 2.82 bits per heavy atom. The van der Waals surface area contributed by atoms with Crippen molar-refractivity contribution in [2.75, 3.05) is 7.05 Å². The van der Waals surface area contributed by atoms with E-state index in [0.717, 1.165) is 54.2 Å². The summed E-state index contributed by atoms with van der Waals surface area (Å²) >= 11 is 1.72. The van der Waals surface area contributed by atoms with Crippen LogP contribution in [0.1, 0.15) is 33.6 Å². The highest BCUT2D eigenvalue weighted by atomic mass is 32.1. The molecule has 0 saturated heterocycles. The zero-order valence-corrected chi connectivity index (χ0v) is 14.0. The van der Waals surface area contributed by atoms with E-state index >= 15 is 0 Å². The zero-order valence-electron chi connectivity index (χ0n) is 13.2. The van der Waals surface area contributed by atoms with E-state index in [1.807, 2.05) is 13.8 Å². The number of thiazole rings is 1. The van der Waals surface area contributed by atoms with Crippen LogP contribution in [0, 0.1) is 13.8 Å². The van der Waals surface area contributed by atoms with Gasteiger partial charge in [0.05, 0.1) is 23.8 Å². The van der Waals surface area contributed by atoms with Crippen LogP contribution in [0.3, 0.4) is 0 Å². The van der Waals surface area contributed by atoms with Crippen molar-refractivity contribution in [1.29, 1.82) is 0 Å². The van der Waals surface area contributed by atoms with Crippen molar-refractivity contribution < 1.29 is 0 Å². The summed E-state index contributed by atoms with van der Waals surface area (Å²) in [5, 5.41) is 16.2. The number of hydrogen-bond donors (Lipinski definition) is 2. The second-order valence-corrected chi connectivity index (χ2v) is 6.60. The minimum absolute atomic E-state index is 0.632. The number of aliphatic imine (C=N–C) groups is 1. The van der Waals surface area contributed by atoms with E-state index in [0.29, 0.717) is 6.54 Å². The summed E-state index contributed by atoms with van der Waals surface area (Å²) in [5.41, 5.74) is 1.08. The lowest BCUT2D eigenvalue weighted by Crippen LogP contribution is -2.36. The van der Waals surface area contributed by atoms with Crippen LogP contribution in [-0.4, -0.2) is 32.8 Å². The van der Waals surface area contributed by atoms with Crippen molar-refractivity contribution in [3.8, 4) is 0 Å². The molecule has 22 heavy (non-hydrogen) atoms. The molecule has 118 valence electrons. The van der Waals surface area contributed by atoms with E-state index in [9.17, 15) is 0 Å². The van der Waals surface area contributed by atoms with Crippen molar-refractivity contribution >= 4 is 17.3 Å². The van der Waals surface area contributed by atoms with Crippen LogP contribution in [0.2, 0.25) is 0 Å². The van der Waals surface area contributed by atoms with E-state index in [-0.39, 0.29) is 0 Å². The van der Waals surface area contributed by atoms with Gasteiger partial charge in [-0.1, -0.05) is 0 Å². The smallest absolute Gasteiger partial charge is 0.191 e. The van der Waals surface area contributed by atoms with Crippen molar-refractivity contribution in [3.05, 3.63) is 27.2 Å². The Kier molecular flexibility index (Phi) is 4.37. The van der Waals surface area contributed by atoms with E-state index in [2.05, 4.69) is 35.4 Å². The quantitative estimate of drug-likeness (QED) is 0.653. The molecule has 0 radical (unpaired) electrons. The maximum absolute atomic E-state index is 4.44. The second kappa shape index (κ2) is 6.43. The highest BCUT2D eigenvalue weighted by Crippen LogP contribution is 2.16. The lowest BCUT2D eigenvalue weighted by molar-refractivity contribution is 0.663. The van der Waals surface area contributed by atoms with E-state index in [1.54, 1.807) is 18.4 Å². The van der Waals surface area contributed by atoms with Crippen molar-refractivity contribution in [3.63, 3.8) is 0 Å². The maximum atomic E-state index is 4.44. The Morgan fingerprint density at radius 2 is 2.09 bits per heavy atom. The minimum atomic E-state index is 0.632. The molecule has 0 spiro atoms. The van der Waals surface area contributed by atoms with Crippen LogP contribution in [0.25, 0.3) is 0 Å². The van der Waals surface area contributed by atoms with Crippen molar-refractivity contribution in [1.82, 2.24) is 30.4 Å². The van der Waals surface area contributed by atoms with Gasteiger partial charge in [-0.05, 0) is 20.3 Å². The molecular weight excluding hydrogens is 298 g/mol. The summed E-state index contributed by atoms with van der Waals surface area (Å²) < 4.78 is 2.19. The molecule has 0 bridgehead atoms. The van der Waals surface area contributed by atoms with Gasteiger partial charge >= 0.3 is 0 Å². The molecule has 0 saturated carbocycles. The van der Waals surface area contributed by atoms with Crippen molar-refractivity contribution in [2.24, 2.45) is 4.99 Å². The van der Waals surface area contributed by atoms with Gasteiger partial charge in [0.25, 0.3) is 0 Å². The second-order valence-electron chi connectivity index (χ2n) is 5.31. The topological polar surface area (TPSA) is 80.0 Å². The first-order chi connectivity index (χ1) is 10.7. The fraction of sp³-hybridized carbons (Fsp3) is 0.571. The van der Waals surface area contributed by atoms with Gasteiger partial charge in [0, 0.05) is 24.9 Å². The third-order valence-corrected chi connectivity index (χ3v) is 4.81. The number of guanidine groups is 1. The molecule has 2 aromatic rings. The highest BCUT2D eigenvalue weighted by Gasteiger charge is 2.17. The van der Waals surface area contributed by atoms with Crippen LogP contribution in [0.5, 0.6) is 0 Å². The molecule has 0 aromatic carbocycles. The van der Waals surface area contributed by atoms with Crippen LogP contribution >= 0.6 is 11.3 Å². The lowest BCUT2D eigenvalue weighted by atomic mass is 10.4. The van der Waals surface area contributed by atoms with E-state index in [4.69, 9.17) is 0 Å². The summed E-state index contributed by atoms with van der Waals surface area (Å²) in [7, 11) is 1.77. The van der Waals surface area contributed by atoms with Gasteiger partial charge in [0.1, 0.15) is 5.82 Å². The normalized spacial score (nSPS) is 14.2. The van der Waals surface area contributed by atoms with Gasteiger partial charge in [-0.25, -0.2) is 4.98 Å². The third kappa shape index (κ3) is 3.11. The fourth-order valence-electron chi connectivity index (χ4n) is 2.63. The summed E-state index contributed by atoms with van der Waals surface area (Å²) in [6.07, 6.45) is 2.19. The molecule has 8 heteroatoms. The predicted octanol–water partition coefficient (Wildman–Crippen LogP) is 1.16. The standard InChI is InChI=1S/C14H21N7S/c1-9-11(22-10(2)18-9)7-16-14(15-3)17-8-13-20-19-12-5-4-6-21(12)13/h4-8H2,1-3H3,(H2,15,16,17). The fourth-order valence-corrected chi connectivity index (χ4v) is 3.50. The molecule has 3 heterocycles. The number of nitrogens with zero attached hydrogens (tertiary/aromatic N) is 5. The summed E-state index contributed by atoms with van der Waals surface area (Å²) in [4.78, 5) is 9.93. The van der Waals surface area contributed by atoms with Gasteiger partial charge in [0.15, 0.2) is 11.8 Å². The van der Waals surface area contributed by atoms with Gasteiger partial charge in [-0.15, -0.1) is 21.5 Å². The number of aromatic nitrogens is 4. The molecule has 2 N–H and O–H groups in total. The maximum Gasteiger partial charge on any atom is 0.191 e. The molecule has 1 aliphatic heterocycles. The molecule has 0 unspecified atom stereocenters. The Balaban J connectivity index is 1.55. The van der Waals surface area contributed by atoms with Crippen LogP contribution in [0.4, 0.5) is 0 Å². The molecule has 0 fully saturated rings. The number of hydrogen-bond acceptors (Lipinski definition) is 5. The Morgan fingerprint density at radius 1 is 1.27 bits per heavy atom. The van der Waals surface area contributed by atoms with Gasteiger partial charge in [-0.2, -0.15) is 0 Å². The molecular formula is C14H21N7S. The van der Waals surface area contributed by atoms with Crippen LogP contribution in [-0.2, 0) is 26.1 Å². The summed E-state index contributed by atoms with van der Waals surface area (Å²) in [6, 6.07) is 0. The zero-order chi connectivity index (χ0) is 15.5. The average molecular weight is 319 g/mol. The van der Waals surface area contributed by atoms with Crippen molar-refractivity contribution in [2.45, 2.75) is 46.3 Å². The average Bonchev–Trinajstić information content (AvgIpc) is 3.16. The van der Waals surface area contributed by atoms with Gasteiger partial charge in [-0.3, -0.25) is 4.99 Å². The van der Waals surface area contributed by atoms with Gasteiger partial charge < -0.3 is 15.2 Å². The van der Waals surface area contributed by atoms with E-state index < -0.39 is 0 Å². The number of fused-ring (bicyclic) bond motifs is 1. The lowest BCUT2D eigenvalue weighted by Gasteiger charge is -2.11. The minimum Gasteiger partial charge on any atom is -0.351 e. The number of nitrogens with one attached hydrogen (secondary N) is 2. The first kappa shape index (κ1) is 15.0. The first-order valence-corrected chi connectivity index (χ1v) is 8.27. The monoisotopic (exact) mass is 319 g/mol. The highest BCUT2D eigenvalue weighted by molar-refractivity contribution is 7.11. The Labute approximate surface area is 133 Å². The Bertz CT molecular complexity index is 685. The third-order valence-electron chi connectivity index (χ3n) is 3.74. The van der Waals surface area contributed by atoms with Crippen LogP contribution in [0.15, 0.2) is 4.99 Å². The largest absolute Gasteiger partial charge is 0.351 e. The van der Waals surface area contributed by atoms with E-state index in [1.165, 1.54) is 4.88 Å². The molecule has 3 rings (SSSR count). The molecule has 0 amide bonds. The van der Waals surface area contributed by atoms with Crippen LogP contribution < -0.4 is 10.6 Å². The number of aryl methyl sites for hydroxylation is 3. The molecule has 0 aliphatic carbocycles. The predicted molar refractivity (Wildman–Crippen MR) is 87.0 cm³/mol. The first-order valence-electron chi connectivity index (χ1n) is 7.45. The Hall–Kier alpha value is -1.96. The molecule has 7 nitrogen and oxygen atoms in total. The van der Waals surface area contributed by atoms with Gasteiger partial charge in [0.2, 0.25) is 0 Å². The number of rotatable bonds is 4. The molecule has 1 aliphatic rings. The summed E-state index contributed by atoms with van der Waals surface area (Å²) in [6.45, 7) is 6.45. The SMILES string of the molecule is CN=C(NCc1sc(C)nc1C)NCc1nnc2n1CCC2. The molecule has 2 aromatic heterocycles.